The Bertz CT molecular complexity index is 2620. The maximum Gasteiger partial charge on any atom is 0.153 e. The number of para-hydroxylation sites is 3. The van der Waals surface area contributed by atoms with Gasteiger partial charge in [0.1, 0.15) is 0 Å². The van der Waals surface area contributed by atoms with Gasteiger partial charge in [-0.2, -0.15) is 0 Å². The van der Waals surface area contributed by atoms with Gasteiger partial charge in [0.05, 0.1) is 22.7 Å². The van der Waals surface area contributed by atoms with Gasteiger partial charge >= 0.3 is 0 Å². The van der Waals surface area contributed by atoms with Crippen molar-refractivity contribution in [1.82, 2.24) is 0 Å². The lowest BCUT2D eigenvalue weighted by atomic mass is 9.82. The van der Waals surface area contributed by atoms with E-state index in [2.05, 4.69) is 187 Å². The largest absolute Gasteiger partial charge is 0.453 e. The molecule has 0 aromatic heterocycles. The molecule has 8 aromatic carbocycles. The molecule has 3 heteroatoms. The van der Waals surface area contributed by atoms with E-state index in [4.69, 9.17) is 4.74 Å². The quantitative estimate of drug-likeness (QED) is 0.178. The third kappa shape index (κ3) is 4.23. The van der Waals surface area contributed by atoms with Crippen LogP contribution in [-0.2, 0) is 5.41 Å². The van der Waals surface area contributed by atoms with Crippen molar-refractivity contribution in [3.05, 3.63) is 181 Å². The summed E-state index contributed by atoms with van der Waals surface area (Å²) in [6.45, 7) is 4.69. The minimum atomic E-state index is -0.127. The normalized spacial score (nSPS) is 13.7. The smallest absolute Gasteiger partial charge is 0.153 e. The van der Waals surface area contributed by atoms with Crippen LogP contribution < -0.4 is 14.5 Å². The van der Waals surface area contributed by atoms with E-state index in [0.29, 0.717) is 0 Å². The minimum absolute atomic E-state index is 0.127. The fourth-order valence-corrected chi connectivity index (χ4v) is 8.22. The maximum atomic E-state index is 6.73. The molecule has 0 fully saturated rings. The van der Waals surface area contributed by atoms with E-state index in [1.54, 1.807) is 0 Å². The SMILES string of the molecule is CC1(C)c2ccccc2-c2ccc(N(c3ccc4c(c3)Oc3ccccc3N4c3ccccc3)c3cc4ccccc4c4ccccc34)cc21. The Hall–Kier alpha value is -6.32. The number of hydrogen-bond donors (Lipinski definition) is 0. The highest BCUT2D eigenvalue weighted by molar-refractivity contribution is 6.14. The van der Waals surface area contributed by atoms with Crippen LogP contribution in [0.1, 0.15) is 25.0 Å². The third-order valence-corrected chi connectivity index (χ3v) is 10.6. The Labute approximate surface area is 292 Å². The van der Waals surface area contributed by atoms with Crippen molar-refractivity contribution in [2.45, 2.75) is 19.3 Å². The summed E-state index contributed by atoms with van der Waals surface area (Å²) in [4.78, 5) is 4.72. The molecular formula is C47H34N2O. The molecule has 0 N–H and O–H groups in total. The minimum Gasteiger partial charge on any atom is -0.453 e. The molecular weight excluding hydrogens is 609 g/mol. The summed E-state index contributed by atoms with van der Waals surface area (Å²) in [5, 5.41) is 4.89. The van der Waals surface area contributed by atoms with Gasteiger partial charge in [-0.25, -0.2) is 0 Å². The van der Waals surface area contributed by atoms with E-state index < -0.39 is 0 Å². The van der Waals surface area contributed by atoms with Gasteiger partial charge < -0.3 is 14.5 Å². The number of benzene rings is 8. The zero-order valence-corrected chi connectivity index (χ0v) is 28.0. The molecule has 0 unspecified atom stereocenters. The first-order chi connectivity index (χ1) is 24.6. The number of ether oxygens (including phenoxy) is 1. The summed E-state index contributed by atoms with van der Waals surface area (Å²) >= 11 is 0. The van der Waals surface area contributed by atoms with Crippen molar-refractivity contribution < 1.29 is 4.74 Å². The van der Waals surface area contributed by atoms with Gasteiger partial charge in [-0.15, -0.1) is 0 Å². The molecule has 1 aliphatic carbocycles. The number of nitrogens with zero attached hydrogens (tertiary/aromatic N) is 2. The molecule has 0 atom stereocenters. The molecule has 10 rings (SSSR count). The second-order valence-electron chi connectivity index (χ2n) is 13.8. The van der Waals surface area contributed by atoms with Gasteiger partial charge in [0.25, 0.3) is 0 Å². The van der Waals surface area contributed by atoms with Crippen LogP contribution in [0.2, 0.25) is 0 Å². The van der Waals surface area contributed by atoms with Gasteiger partial charge in [-0.05, 0) is 93.0 Å². The number of rotatable bonds is 4. The molecule has 8 aromatic rings. The van der Waals surface area contributed by atoms with E-state index in [9.17, 15) is 0 Å². The Balaban J connectivity index is 1.22. The Kier molecular flexibility index (Phi) is 6.22. The molecule has 0 amide bonds. The van der Waals surface area contributed by atoms with Crippen LogP contribution in [0.5, 0.6) is 11.5 Å². The monoisotopic (exact) mass is 642 g/mol. The highest BCUT2D eigenvalue weighted by Gasteiger charge is 2.36. The predicted octanol–water partition coefficient (Wildman–Crippen LogP) is 13.3. The first-order valence-corrected chi connectivity index (χ1v) is 17.3. The molecule has 238 valence electrons. The standard InChI is InChI=1S/C47H34N2O/c1-47(2)40-21-11-10-19-37(40)38-26-24-33(29-41(38)47)48(44-28-31-14-6-7-17-35(31)36-18-8-9-20-39(36)44)34-25-27-43-46(30-34)50-45-23-13-12-22-42(45)49(43)32-15-4-3-5-16-32/h3-30H,1-2H3. The molecule has 50 heavy (non-hydrogen) atoms. The number of fused-ring (bicyclic) bond motifs is 8. The molecule has 1 heterocycles. The molecule has 0 saturated carbocycles. The van der Waals surface area contributed by atoms with Gasteiger partial charge in [0.15, 0.2) is 11.5 Å². The van der Waals surface area contributed by atoms with Crippen molar-refractivity contribution in [2.24, 2.45) is 0 Å². The van der Waals surface area contributed by atoms with Crippen LogP contribution >= 0.6 is 0 Å². The average molecular weight is 643 g/mol. The predicted molar refractivity (Wildman–Crippen MR) is 208 cm³/mol. The lowest BCUT2D eigenvalue weighted by Crippen LogP contribution is -2.18. The molecule has 2 aliphatic rings. The Morgan fingerprint density at radius 3 is 2.00 bits per heavy atom. The van der Waals surface area contributed by atoms with Crippen LogP contribution in [0.15, 0.2) is 170 Å². The van der Waals surface area contributed by atoms with Crippen LogP contribution in [0.3, 0.4) is 0 Å². The van der Waals surface area contributed by atoms with Gasteiger partial charge in [0.2, 0.25) is 0 Å². The van der Waals surface area contributed by atoms with E-state index in [1.165, 1.54) is 43.8 Å². The third-order valence-electron chi connectivity index (χ3n) is 10.6. The number of anilines is 6. The van der Waals surface area contributed by atoms with Crippen molar-refractivity contribution >= 4 is 55.7 Å². The first-order valence-electron chi connectivity index (χ1n) is 17.3. The van der Waals surface area contributed by atoms with E-state index >= 15 is 0 Å². The van der Waals surface area contributed by atoms with Gasteiger partial charge in [-0.1, -0.05) is 123 Å². The molecule has 0 bridgehead atoms. The van der Waals surface area contributed by atoms with E-state index in [-0.39, 0.29) is 5.41 Å². The Morgan fingerprint density at radius 1 is 0.480 bits per heavy atom. The summed E-state index contributed by atoms with van der Waals surface area (Å²) in [5.41, 5.74) is 11.6. The van der Waals surface area contributed by atoms with Gasteiger partial charge in [0, 0.05) is 28.2 Å². The summed E-state index contributed by atoms with van der Waals surface area (Å²) in [7, 11) is 0. The zero-order valence-electron chi connectivity index (χ0n) is 28.0. The molecule has 1 aliphatic heterocycles. The van der Waals surface area contributed by atoms with Crippen molar-refractivity contribution in [2.75, 3.05) is 9.80 Å². The fraction of sp³-hybridized carbons (Fsp3) is 0.0638. The number of hydrogen-bond acceptors (Lipinski definition) is 3. The highest BCUT2D eigenvalue weighted by Crippen LogP contribution is 2.54. The second-order valence-corrected chi connectivity index (χ2v) is 13.8. The molecule has 0 radical (unpaired) electrons. The fourth-order valence-electron chi connectivity index (χ4n) is 8.22. The highest BCUT2D eigenvalue weighted by atomic mass is 16.5. The Morgan fingerprint density at radius 2 is 1.12 bits per heavy atom. The first kappa shape index (κ1) is 28.7. The van der Waals surface area contributed by atoms with Crippen LogP contribution in [0, 0.1) is 0 Å². The van der Waals surface area contributed by atoms with E-state index in [0.717, 1.165) is 45.6 Å². The van der Waals surface area contributed by atoms with Crippen LogP contribution in [0.25, 0.3) is 32.7 Å². The summed E-state index contributed by atoms with van der Waals surface area (Å²) < 4.78 is 6.73. The lowest BCUT2D eigenvalue weighted by Gasteiger charge is -2.34. The summed E-state index contributed by atoms with van der Waals surface area (Å²) in [6.07, 6.45) is 0. The van der Waals surface area contributed by atoms with E-state index in [1.807, 2.05) is 6.07 Å². The van der Waals surface area contributed by atoms with Crippen molar-refractivity contribution in [1.29, 1.82) is 0 Å². The van der Waals surface area contributed by atoms with Crippen molar-refractivity contribution in [3.63, 3.8) is 0 Å². The average Bonchev–Trinajstić information content (AvgIpc) is 3.40. The summed E-state index contributed by atoms with van der Waals surface area (Å²) in [5.74, 6) is 1.65. The topological polar surface area (TPSA) is 15.7 Å². The maximum absolute atomic E-state index is 6.73. The molecule has 0 saturated heterocycles. The second kappa shape index (κ2) is 10.8. The van der Waals surface area contributed by atoms with Crippen molar-refractivity contribution in [3.8, 4) is 22.6 Å². The van der Waals surface area contributed by atoms with Crippen LogP contribution in [0.4, 0.5) is 34.1 Å². The molecule has 3 nitrogen and oxygen atoms in total. The summed E-state index contributed by atoms with van der Waals surface area (Å²) in [6, 6.07) is 61.1. The zero-order chi connectivity index (χ0) is 33.4. The lowest BCUT2D eigenvalue weighted by molar-refractivity contribution is 0.477. The molecule has 0 spiro atoms. The van der Waals surface area contributed by atoms with Crippen LogP contribution in [-0.4, -0.2) is 0 Å². The van der Waals surface area contributed by atoms with Gasteiger partial charge in [-0.3, -0.25) is 0 Å².